The van der Waals surface area contributed by atoms with Crippen LogP contribution in [0.1, 0.15) is 33.1 Å². The van der Waals surface area contributed by atoms with E-state index in [1.807, 2.05) is 0 Å². The van der Waals surface area contributed by atoms with Gasteiger partial charge in [-0.2, -0.15) is 0 Å². The van der Waals surface area contributed by atoms with Crippen LogP contribution in [0.15, 0.2) is 51.8 Å². The van der Waals surface area contributed by atoms with Gasteiger partial charge in [0.2, 0.25) is 11.2 Å². The molecule has 0 atom stereocenters. The van der Waals surface area contributed by atoms with E-state index in [2.05, 4.69) is 4.98 Å². The zero-order valence-electron chi connectivity index (χ0n) is 13.8. The van der Waals surface area contributed by atoms with Gasteiger partial charge in [-0.05, 0) is 36.8 Å². The van der Waals surface area contributed by atoms with Gasteiger partial charge in [0.25, 0.3) is 0 Å². The lowest BCUT2D eigenvalue weighted by molar-refractivity contribution is 0.101. The van der Waals surface area contributed by atoms with Gasteiger partial charge in [-0.3, -0.25) is 9.59 Å². The number of ether oxygens (including phenoxy) is 1. The minimum atomic E-state index is -0.523. The lowest BCUT2D eigenvalue weighted by Crippen LogP contribution is -2.18. The van der Waals surface area contributed by atoms with E-state index in [0.29, 0.717) is 17.9 Å². The molecule has 5 nitrogen and oxygen atoms in total. The Bertz CT molecular complexity index is 970. The molecule has 3 aromatic rings. The maximum absolute atomic E-state index is 12.9. The van der Waals surface area contributed by atoms with Gasteiger partial charge in [0, 0.05) is 12.6 Å². The highest BCUT2D eigenvalue weighted by molar-refractivity contribution is 6.07. The van der Waals surface area contributed by atoms with Gasteiger partial charge < -0.3 is 14.1 Å². The largest absolute Gasteiger partial charge is 0.491 e. The Morgan fingerprint density at radius 1 is 1.20 bits per heavy atom. The molecule has 0 fully saturated rings. The number of carbonyl (C=O) groups is 1. The van der Waals surface area contributed by atoms with Crippen LogP contribution in [0.2, 0.25) is 0 Å². The molecule has 0 amide bonds. The summed E-state index contributed by atoms with van der Waals surface area (Å²) in [4.78, 5) is 27.7. The smallest absolute Gasteiger partial charge is 0.234 e. The second-order valence-electron chi connectivity index (χ2n) is 5.59. The fourth-order valence-electron chi connectivity index (χ4n) is 2.55. The number of hydrogen-bond acceptors (Lipinski definition) is 4. The van der Waals surface area contributed by atoms with Crippen LogP contribution in [0.3, 0.4) is 0 Å². The predicted molar refractivity (Wildman–Crippen MR) is 89.7 cm³/mol. The van der Waals surface area contributed by atoms with Gasteiger partial charge in [-0.15, -0.1) is 0 Å². The summed E-state index contributed by atoms with van der Waals surface area (Å²) in [5.41, 5.74) is 0.857. The van der Waals surface area contributed by atoms with E-state index < -0.39 is 11.2 Å². The van der Waals surface area contributed by atoms with Crippen molar-refractivity contribution in [1.82, 2.24) is 4.98 Å². The van der Waals surface area contributed by atoms with E-state index in [-0.39, 0.29) is 22.9 Å². The highest BCUT2D eigenvalue weighted by atomic mass is 19.1. The Morgan fingerprint density at radius 3 is 2.60 bits per heavy atom. The molecule has 1 N–H and O–H groups in total. The molecule has 0 saturated heterocycles. The number of benzene rings is 1. The molecule has 25 heavy (non-hydrogen) atoms. The summed E-state index contributed by atoms with van der Waals surface area (Å²) >= 11 is 0. The first-order chi connectivity index (χ1) is 12.0. The van der Waals surface area contributed by atoms with Crippen LogP contribution in [-0.2, 0) is 6.42 Å². The molecule has 1 aromatic carbocycles. The van der Waals surface area contributed by atoms with Crippen molar-refractivity contribution in [3.8, 4) is 5.75 Å². The molecule has 2 aromatic heterocycles. The number of ketones is 1. The van der Waals surface area contributed by atoms with Crippen molar-refractivity contribution in [1.29, 1.82) is 0 Å². The van der Waals surface area contributed by atoms with Crippen LogP contribution in [0.25, 0.3) is 0 Å². The van der Waals surface area contributed by atoms with Crippen molar-refractivity contribution in [2.45, 2.75) is 13.3 Å². The minimum Gasteiger partial charge on any atom is -0.491 e. The monoisotopic (exact) mass is 341 g/mol. The Morgan fingerprint density at radius 2 is 1.92 bits per heavy atom. The Hall–Kier alpha value is -3.15. The number of pyridine rings is 1. The van der Waals surface area contributed by atoms with Gasteiger partial charge in [-0.1, -0.05) is 12.1 Å². The first-order valence-electron chi connectivity index (χ1n) is 7.63. The maximum Gasteiger partial charge on any atom is 0.234 e. The molecule has 0 bridgehead atoms. The number of H-pyrrole nitrogens is 1. The van der Waals surface area contributed by atoms with Gasteiger partial charge in [0.15, 0.2) is 11.5 Å². The Kier molecular flexibility index (Phi) is 4.52. The first-order valence-corrected chi connectivity index (χ1v) is 7.63. The van der Waals surface area contributed by atoms with Crippen molar-refractivity contribution in [2.75, 3.05) is 7.11 Å². The summed E-state index contributed by atoms with van der Waals surface area (Å²) in [7, 11) is 1.37. The van der Waals surface area contributed by atoms with E-state index >= 15 is 0 Å². The van der Waals surface area contributed by atoms with Gasteiger partial charge in [0.1, 0.15) is 11.6 Å². The van der Waals surface area contributed by atoms with Crippen LogP contribution in [0.5, 0.6) is 5.75 Å². The quantitative estimate of drug-likeness (QED) is 0.723. The topological polar surface area (TPSA) is 72.3 Å². The molecular formula is C19H16FNO4. The maximum atomic E-state index is 12.9. The number of rotatable bonds is 5. The molecule has 0 unspecified atom stereocenters. The zero-order valence-corrected chi connectivity index (χ0v) is 13.8. The van der Waals surface area contributed by atoms with Crippen LogP contribution in [-0.4, -0.2) is 17.9 Å². The van der Waals surface area contributed by atoms with Crippen LogP contribution >= 0.6 is 0 Å². The van der Waals surface area contributed by atoms with Crippen molar-refractivity contribution in [3.05, 3.63) is 87.0 Å². The average Bonchev–Trinajstić information content (AvgIpc) is 3.05. The fourth-order valence-corrected chi connectivity index (χ4v) is 2.55. The summed E-state index contributed by atoms with van der Waals surface area (Å²) in [5, 5.41) is 0. The molecule has 0 radical (unpaired) electrons. The van der Waals surface area contributed by atoms with E-state index in [1.165, 1.54) is 31.5 Å². The summed E-state index contributed by atoms with van der Waals surface area (Å²) < 4.78 is 23.5. The highest BCUT2D eigenvalue weighted by Crippen LogP contribution is 2.17. The molecular weight excluding hydrogens is 325 g/mol. The van der Waals surface area contributed by atoms with Crippen LogP contribution in [0, 0.1) is 12.7 Å². The number of aromatic nitrogens is 1. The van der Waals surface area contributed by atoms with Gasteiger partial charge in [0.05, 0.1) is 18.4 Å². The first kappa shape index (κ1) is 16.7. The fraction of sp³-hybridized carbons (Fsp3) is 0.158. The standard InChI is InChI=1S/C19H16FNO4/c1-11-19(24-2)18(23)15(10-21-11)17(22)16-8-7-14(25-16)9-12-3-5-13(20)6-4-12/h3-8,10H,9H2,1-2H3,(H,21,23). The Balaban J connectivity index is 1.86. The summed E-state index contributed by atoms with van der Waals surface area (Å²) in [6.45, 7) is 1.68. The molecule has 0 spiro atoms. The predicted octanol–water partition coefficient (Wildman–Crippen LogP) is 3.25. The lowest BCUT2D eigenvalue weighted by atomic mass is 10.1. The third-order valence-corrected chi connectivity index (χ3v) is 3.85. The summed E-state index contributed by atoms with van der Waals surface area (Å²) in [5.74, 6) is -0.126. The van der Waals surface area contributed by atoms with E-state index in [0.717, 1.165) is 5.56 Å². The van der Waals surface area contributed by atoms with Crippen molar-refractivity contribution >= 4 is 5.78 Å². The van der Waals surface area contributed by atoms with E-state index in [9.17, 15) is 14.0 Å². The third kappa shape index (κ3) is 3.38. The number of aromatic amines is 1. The Labute approximate surface area is 143 Å². The highest BCUT2D eigenvalue weighted by Gasteiger charge is 2.20. The van der Waals surface area contributed by atoms with Crippen LogP contribution in [0.4, 0.5) is 4.39 Å². The van der Waals surface area contributed by atoms with Crippen molar-refractivity contribution < 1.29 is 18.3 Å². The molecule has 128 valence electrons. The molecule has 0 aliphatic rings. The molecule has 0 saturated carbocycles. The average molecular weight is 341 g/mol. The number of methoxy groups -OCH3 is 1. The van der Waals surface area contributed by atoms with E-state index in [1.54, 1.807) is 25.1 Å². The zero-order chi connectivity index (χ0) is 18.0. The number of hydrogen-bond donors (Lipinski definition) is 1. The number of aryl methyl sites for hydroxylation is 1. The number of halogens is 1. The van der Waals surface area contributed by atoms with Crippen molar-refractivity contribution in [2.24, 2.45) is 0 Å². The second kappa shape index (κ2) is 6.76. The number of furan rings is 1. The summed E-state index contributed by atoms with van der Waals surface area (Å²) in [6, 6.07) is 9.21. The van der Waals surface area contributed by atoms with Crippen molar-refractivity contribution in [3.63, 3.8) is 0 Å². The normalized spacial score (nSPS) is 10.7. The van der Waals surface area contributed by atoms with E-state index in [4.69, 9.17) is 9.15 Å². The van der Waals surface area contributed by atoms with Crippen LogP contribution < -0.4 is 10.2 Å². The molecule has 0 aliphatic heterocycles. The number of nitrogens with one attached hydrogen (secondary N) is 1. The molecule has 0 aliphatic carbocycles. The lowest BCUT2D eigenvalue weighted by Gasteiger charge is -2.05. The summed E-state index contributed by atoms with van der Waals surface area (Å²) in [6.07, 6.45) is 1.77. The minimum absolute atomic E-state index is 0.0508. The second-order valence-corrected chi connectivity index (χ2v) is 5.59. The molecule has 3 rings (SSSR count). The number of carbonyl (C=O) groups excluding carboxylic acids is 1. The molecule has 6 heteroatoms. The van der Waals surface area contributed by atoms with Gasteiger partial charge in [-0.25, -0.2) is 4.39 Å². The third-order valence-electron chi connectivity index (χ3n) is 3.85. The SMILES string of the molecule is COc1c(C)[nH]cc(C(=O)c2ccc(Cc3ccc(F)cc3)o2)c1=O. The molecule has 2 heterocycles. The van der Waals surface area contributed by atoms with Gasteiger partial charge >= 0.3 is 0 Å².